The fraction of sp³-hybridized carbons (Fsp3) is 0. The van der Waals surface area contributed by atoms with Gasteiger partial charge in [0.25, 0.3) is 5.69 Å². The number of hydrogen-bond donors (Lipinski definition) is 1. The first-order valence-corrected chi connectivity index (χ1v) is 11.7. The first kappa shape index (κ1) is 22.2. The monoisotopic (exact) mass is 482 g/mol. The van der Waals surface area contributed by atoms with E-state index in [0.29, 0.717) is 16.3 Å². The molecule has 0 radical (unpaired) electrons. The minimum atomic E-state index is -4.00. The standard InChI is InChI=1S/C22H15FN4O4S2/c1-14(33(30,31)18-8-6-17(7-9-18)27(28)29)22-25-13-21(32-22)19-10-11-24-12-20(19)26-16-4-2-15(23)3-5-16/h2-13,26H,1H2. The van der Waals surface area contributed by atoms with Crippen molar-refractivity contribution in [2.75, 3.05) is 5.32 Å². The third-order valence-electron chi connectivity index (χ3n) is 4.64. The van der Waals surface area contributed by atoms with Crippen LogP contribution < -0.4 is 5.32 Å². The van der Waals surface area contributed by atoms with Crippen LogP contribution in [-0.2, 0) is 9.84 Å². The Hall–Kier alpha value is -3.96. The van der Waals surface area contributed by atoms with Crippen molar-refractivity contribution in [3.8, 4) is 10.4 Å². The van der Waals surface area contributed by atoms with E-state index in [1.165, 1.54) is 30.5 Å². The normalized spacial score (nSPS) is 11.2. The summed E-state index contributed by atoms with van der Waals surface area (Å²) in [6.07, 6.45) is 4.72. The topological polar surface area (TPSA) is 115 Å². The molecule has 0 amide bonds. The molecule has 33 heavy (non-hydrogen) atoms. The Bertz CT molecular complexity index is 1450. The molecule has 0 spiro atoms. The van der Waals surface area contributed by atoms with Crippen LogP contribution in [0.4, 0.5) is 21.5 Å². The van der Waals surface area contributed by atoms with Gasteiger partial charge in [0.15, 0.2) is 0 Å². The Labute approximate surface area is 192 Å². The molecule has 2 aromatic carbocycles. The van der Waals surface area contributed by atoms with E-state index < -0.39 is 14.8 Å². The van der Waals surface area contributed by atoms with Gasteiger partial charge in [0.2, 0.25) is 9.84 Å². The number of sulfone groups is 1. The predicted octanol–water partition coefficient (Wildman–Crippen LogP) is 5.44. The highest BCUT2D eigenvalue weighted by atomic mass is 32.2. The molecule has 0 saturated carbocycles. The van der Waals surface area contributed by atoms with Crippen molar-refractivity contribution in [2.24, 2.45) is 0 Å². The fourth-order valence-corrected chi connectivity index (χ4v) is 5.27. The summed E-state index contributed by atoms with van der Waals surface area (Å²) in [4.78, 5) is 18.9. The average molecular weight is 483 g/mol. The lowest BCUT2D eigenvalue weighted by Gasteiger charge is -2.10. The molecule has 4 rings (SSSR count). The van der Waals surface area contributed by atoms with Gasteiger partial charge in [-0.3, -0.25) is 15.1 Å². The first-order chi connectivity index (χ1) is 15.8. The van der Waals surface area contributed by atoms with Gasteiger partial charge < -0.3 is 5.32 Å². The predicted molar refractivity (Wildman–Crippen MR) is 124 cm³/mol. The van der Waals surface area contributed by atoms with E-state index in [2.05, 4.69) is 21.9 Å². The second-order valence-corrected chi connectivity index (χ2v) is 9.76. The molecule has 1 N–H and O–H groups in total. The van der Waals surface area contributed by atoms with Crippen LogP contribution in [0.25, 0.3) is 15.3 Å². The molecule has 0 atom stereocenters. The molecule has 11 heteroatoms. The van der Waals surface area contributed by atoms with Crippen LogP contribution in [0.2, 0.25) is 0 Å². The maximum absolute atomic E-state index is 13.2. The lowest BCUT2D eigenvalue weighted by molar-refractivity contribution is -0.384. The van der Waals surface area contributed by atoms with Crippen molar-refractivity contribution in [3.05, 3.63) is 101 Å². The quantitative estimate of drug-likeness (QED) is 0.275. The van der Waals surface area contributed by atoms with E-state index in [0.717, 1.165) is 29.0 Å². The van der Waals surface area contributed by atoms with Gasteiger partial charge in [0.1, 0.15) is 15.7 Å². The third-order valence-corrected chi connectivity index (χ3v) is 7.59. The molecule has 0 unspecified atom stereocenters. The number of nitro benzene ring substituents is 1. The molecule has 0 aliphatic rings. The number of nitrogens with zero attached hydrogens (tertiary/aromatic N) is 3. The molecular formula is C22H15FN4O4S2. The van der Waals surface area contributed by atoms with Gasteiger partial charge in [-0.2, -0.15) is 0 Å². The van der Waals surface area contributed by atoms with Gasteiger partial charge in [0, 0.05) is 35.8 Å². The van der Waals surface area contributed by atoms with E-state index in [-0.39, 0.29) is 26.3 Å². The van der Waals surface area contributed by atoms with Crippen molar-refractivity contribution in [1.29, 1.82) is 0 Å². The Morgan fingerprint density at radius 1 is 1.06 bits per heavy atom. The van der Waals surface area contributed by atoms with Crippen molar-refractivity contribution < 1.29 is 17.7 Å². The van der Waals surface area contributed by atoms with Crippen LogP contribution in [0.1, 0.15) is 5.01 Å². The number of nitrogens with one attached hydrogen (secondary N) is 1. The molecule has 4 aromatic rings. The largest absolute Gasteiger partial charge is 0.354 e. The Balaban J connectivity index is 1.62. The molecule has 0 aliphatic heterocycles. The van der Waals surface area contributed by atoms with Crippen LogP contribution in [0.5, 0.6) is 0 Å². The number of halogens is 1. The average Bonchev–Trinajstić information content (AvgIpc) is 3.30. The van der Waals surface area contributed by atoms with Crippen LogP contribution in [0.3, 0.4) is 0 Å². The van der Waals surface area contributed by atoms with E-state index >= 15 is 0 Å². The minimum Gasteiger partial charge on any atom is -0.354 e. The Morgan fingerprint density at radius 2 is 1.76 bits per heavy atom. The number of anilines is 2. The molecule has 8 nitrogen and oxygen atoms in total. The van der Waals surface area contributed by atoms with Crippen LogP contribution >= 0.6 is 11.3 Å². The second kappa shape index (κ2) is 8.88. The van der Waals surface area contributed by atoms with Gasteiger partial charge in [-0.1, -0.05) is 6.58 Å². The Kier molecular flexibility index (Phi) is 5.99. The molecule has 166 valence electrons. The lowest BCUT2D eigenvalue weighted by atomic mass is 10.2. The molecule has 0 bridgehead atoms. The van der Waals surface area contributed by atoms with Gasteiger partial charge in [-0.25, -0.2) is 17.8 Å². The van der Waals surface area contributed by atoms with Crippen molar-refractivity contribution >= 4 is 43.1 Å². The third kappa shape index (κ3) is 4.64. The number of nitro groups is 1. The first-order valence-electron chi connectivity index (χ1n) is 9.37. The maximum atomic E-state index is 13.2. The summed E-state index contributed by atoms with van der Waals surface area (Å²) in [6, 6.07) is 12.2. The molecule has 0 aliphatic carbocycles. The fourth-order valence-electron chi connectivity index (χ4n) is 2.93. The van der Waals surface area contributed by atoms with Crippen molar-refractivity contribution in [3.63, 3.8) is 0 Å². The highest BCUT2D eigenvalue weighted by molar-refractivity contribution is 8.00. The van der Waals surface area contributed by atoms with E-state index in [4.69, 9.17) is 0 Å². The van der Waals surface area contributed by atoms with Crippen LogP contribution in [0.15, 0.2) is 84.7 Å². The maximum Gasteiger partial charge on any atom is 0.269 e. The molecule has 2 aromatic heterocycles. The number of aromatic nitrogens is 2. The SMILES string of the molecule is C=C(c1ncc(-c2ccncc2Nc2ccc(F)cc2)s1)S(=O)(=O)c1ccc([N+](=O)[O-])cc1. The van der Waals surface area contributed by atoms with Crippen LogP contribution in [-0.4, -0.2) is 23.3 Å². The summed E-state index contributed by atoms with van der Waals surface area (Å²) >= 11 is 1.13. The number of rotatable bonds is 7. The van der Waals surface area contributed by atoms with E-state index in [1.54, 1.807) is 30.6 Å². The number of thiazole rings is 1. The van der Waals surface area contributed by atoms with Crippen LogP contribution in [0, 0.1) is 15.9 Å². The smallest absolute Gasteiger partial charge is 0.269 e. The number of pyridine rings is 1. The van der Waals surface area contributed by atoms with E-state index in [9.17, 15) is 22.9 Å². The summed E-state index contributed by atoms with van der Waals surface area (Å²) in [7, 11) is -4.00. The zero-order valence-electron chi connectivity index (χ0n) is 16.8. The zero-order valence-corrected chi connectivity index (χ0v) is 18.4. The number of benzene rings is 2. The number of non-ortho nitro benzene ring substituents is 1. The summed E-state index contributed by atoms with van der Waals surface area (Å²) in [5.74, 6) is -0.355. The summed E-state index contributed by atoms with van der Waals surface area (Å²) in [6.45, 7) is 3.70. The van der Waals surface area contributed by atoms with Gasteiger partial charge in [-0.05, 0) is 42.5 Å². The van der Waals surface area contributed by atoms with Crippen molar-refractivity contribution in [1.82, 2.24) is 9.97 Å². The highest BCUT2D eigenvalue weighted by Crippen LogP contribution is 2.37. The second-order valence-electron chi connectivity index (χ2n) is 6.76. The van der Waals surface area contributed by atoms with Gasteiger partial charge in [-0.15, -0.1) is 11.3 Å². The number of hydrogen-bond acceptors (Lipinski definition) is 8. The molecular weight excluding hydrogens is 467 g/mol. The summed E-state index contributed by atoms with van der Waals surface area (Å²) in [5.41, 5.74) is 1.79. The minimum absolute atomic E-state index is 0.113. The molecule has 0 fully saturated rings. The molecule has 2 heterocycles. The van der Waals surface area contributed by atoms with Crippen molar-refractivity contribution in [2.45, 2.75) is 4.90 Å². The lowest BCUT2D eigenvalue weighted by Crippen LogP contribution is -2.03. The summed E-state index contributed by atoms with van der Waals surface area (Å²) in [5, 5.41) is 14.2. The van der Waals surface area contributed by atoms with E-state index in [1.807, 2.05) is 0 Å². The zero-order chi connectivity index (χ0) is 23.6. The summed E-state index contributed by atoms with van der Waals surface area (Å²) < 4.78 is 39.1. The highest BCUT2D eigenvalue weighted by Gasteiger charge is 2.24. The molecule has 0 saturated heterocycles. The van der Waals surface area contributed by atoms with Gasteiger partial charge >= 0.3 is 0 Å². The van der Waals surface area contributed by atoms with Gasteiger partial charge in [0.05, 0.1) is 26.6 Å². The Morgan fingerprint density at radius 3 is 2.42 bits per heavy atom.